The van der Waals surface area contributed by atoms with Crippen molar-refractivity contribution < 1.29 is 18.6 Å². The zero-order chi connectivity index (χ0) is 16.4. The minimum atomic E-state index is -1.04. The quantitative estimate of drug-likeness (QED) is 0.891. The number of nitrogens with zero attached hydrogens (tertiary/aromatic N) is 3. The Bertz CT molecular complexity index is 679. The smallest absolute Gasteiger partial charge is 0.180 e. The van der Waals surface area contributed by atoms with Crippen LogP contribution in [-0.2, 0) is 4.74 Å². The Morgan fingerprint density at radius 3 is 3.00 bits per heavy atom. The van der Waals surface area contributed by atoms with Gasteiger partial charge in [0.15, 0.2) is 5.82 Å². The van der Waals surface area contributed by atoms with Gasteiger partial charge in [0.05, 0.1) is 12.7 Å². The highest BCUT2D eigenvalue weighted by Gasteiger charge is 2.27. The summed E-state index contributed by atoms with van der Waals surface area (Å²) < 4.78 is 32.3. The molecule has 2 N–H and O–H groups in total. The third kappa shape index (κ3) is 3.72. The number of H-pyrrole nitrogens is 1. The number of benzene rings is 1. The molecule has 0 aliphatic carbocycles. The predicted octanol–water partition coefficient (Wildman–Crippen LogP) is 1.50. The lowest BCUT2D eigenvalue weighted by atomic mass is 10.1. The van der Waals surface area contributed by atoms with Crippen LogP contribution in [0.4, 0.5) is 8.78 Å². The molecule has 1 fully saturated rings. The van der Waals surface area contributed by atoms with E-state index < -0.39 is 17.7 Å². The van der Waals surface area contributed by atoms with E-state index in [-0.39, 0.29) is 18.2 Å². The number of aryl methyl sites for hydroxylation is 1. The molecule has 1 aromatic heterocycles. The zero-order valence-electron chi connectivity index (χ0n) is 12.7. The summed E-state index contributed by atoms with van der Waals surface area (Å²) in [6, 6.07) is 3.18. The third-order valence-corrected chi connectivity index (χ3v) is 3.81. The van der Waals surface area contributed by atoms with Crippen LogP contribution in [0, 0.1) is 18.6 Å². The van der Waals surface area contributed by atoms with Gasteiger partial charge < -0.3 is 9.84 Å². The van der Waals surface area contributed by atoms with E-state index in [9.17, 15) is 13.9 Å². The molecule has 2 atom stereocenters. The zero-order valence-corrected chi connectivity index (χ0v) is 12.7. The van der Waals surface area contributed by atoms with E-state index in [1.807, 2.05) is 4.90 Å². The first-order chi connectivity index (χ1) is 11.0. The van der Waals surface area contributed by atoms with E-state index in [1.165, 1.54) is 6.07 Å². The van der Waals surface area contributed by atoms with E-state index in [4.69, 9.17) is 4.74 Å². The first-order valence-electron chi connectivity index (χ1n) is 7.39. The van der Waals surface area contributed by atoms with Gasteiger partial charge in [-0.05, 0) is 13.0 Å². The van der Waals surface area contributed by atoms with Gasteiger partial charge in [0.1, 0.15) is 23.6 Å². The monoisotopic (exact) mass is 324 g/mol. The van der Waals surface area contributed by atoms with Crippen LogP contribution in [-0.4, -0.2) is 51.4 Å². The van der Waals surface area contributed by atoms with Crippen LogP contribution in [0.2, 0.25) is 0 Å². The minimum Gasteiger partial charge on any atom is -0.387 e. The number of aliphatic hydroxyl groups is 1. The van der Waals surface area contributed by atoms with Crippen LogP contribution in [0.3, 0.4) is 0 Å². The second-order valence-corrected chi connectivity index (χ2v) is 5.58. The van der Waals surface area contributed by atoms with E-state index in [2.05, 4.69) is 15.2 Å². The molecule has 1 aliphatic heterocycles. The Morgan fingerprint density at radius 1 is 1.48 bits per heavy atom. The molecule has 0 radical (unpaired) electrons. The molecule has 0 amide bonds. The molecule has 124 valence electrons. The van der Waals surface area contributed by atoms with Crippen LogP contribution in [0.15, 0.2) is 18.2 Å². The van der Waals surface area contributed by atoms with Gasteiger partial charge in [-0.3, -0.25) is 10.00 Å². The Morgan fingerprint density at radius 2 is 2.30 bits per heavy atom. The highest BCUT2D eigenvalue weighted by Crippen LogP contribution is 2.23. The van der Waals surface area contributed by atoms with Gasteiger partial charge >= 0.3 is 0 Å². The second kappa shape index (κ2) is 6.69. The maximum atomic E-state index is 13.7. The van der Waals surface area contributed by atoms with Crippen LogP contribution in [0.1, 0.15) is 29.4 Å². The average Bonchev–Trinajstić information content (AvgIpc) is 2.94. The summed E-state index contributed by atoms with van der Waals surface area (Å²) in [5.41, 5.74) is 0.0863. The van der Waals surface area contributed by atoms with Gasteiger partial charge in [-0.25, -0.2) is 13.8 Å². The number of aromatic amines is 1. The lowest BCUT2D eigenvalue weighted by molar-refractivity contribution is -0.0463. The lowest BCUT2D eigenvalue weighted by Crippen LogP contribution is -2.41. The number of nitrogens with one attached hydrogen (secondary N) is 1. The van der Waals surface area contributed by atoms with Crippen molar-refractivity contribution in [2.24, 2.45) is 0 Å². The van der Waals surface area contributed by atoms with Gasteiger partial charge in [-0.2, -0.15) is 5.10 Å². The Balaban J connectivity index is 1.65. The molecule has 6 nitrogen and oxygen atoms in total. The maximum Gasteiger partial charge on any atom is 0.180 e. The Kier molecular flexibility index (Phi) is 4.65. The van der Waals surface area contributed by atoms with E-state index in [0.717, 1.165) is 12.1 Å². The number of aromatic nitrogens is 3. The molecule has 2 heterocycles. The fraction of sp³-hybridized carbons (Fsp3) is 0.467. The van der Waals surface area contributed by atoms with Crippen molar-refractivity contribution in [3.63, 3.8) is 0 Å². The molecular formula is C15H18F2N4O2. The summed E-state index contributed by atoms with van der Waals surface area (Å²) in [4.78, 5) is 6.20. The van der Waals surface area contributed by atoms with Crippen molar-refractivity contribution in [3.05, 3.63) is 47.0 Å². The number of morpholine rings is 1. The van der Waals surface area contributed by atoms with Crippen LogP contribution in [0.5, 0.6) is 0 Å². The molecule has 23 heavy (non-hydrogen) atoms. The lowest BCUT2D eigenvalue weighted by Gasteiger charge is -2.32. The van der Waals surface area contributed by atoms with Crippen molar-refractivity contribution in [3.8, 4) is 0 Å². The molecule has 0 spiro atoms. The molecule has 1 aliphatic rings. The number of hydrogen-bond acceptors (Lipinski definition) is 5. The van der Waals surface area contributed by atoms with Crippen molar-refractivity contribution >= 4 is 0 Å². The van der Waals surface area contributed by atoms with Gasteiger partial charge in [0.2, 0.25) is 0 Å². The van der Waals surface area contributed by atoms with Crippen LogP contribution >= 0.6 is 0 Å². The Hall–Kier alpha value is -1.90. The molecule has 3 rings (SSSR count). The van der Waals surface area contributed by atoms with Gasteiger partial charge in [-0.1, -0.05) is 6.07 Å². The molecule has 2 unspecified atom stereocenters. The molecule has 2 aromatic rings. The van der Waals surface area contributed by atoms with Gasteiger partial charge in [-0.15, -0.1) is 0 Å². The maximum absolute atomic E-state index is 13.7. The SMILES string of the molecule is Cc1nc(C2CN(CC(O)c3ccc(F)cc3F)CCO2)n[nH]1. The summed E-state index contributed by atoms with van der Waals surface area (Å²) in [5, 5.41) is 17.1. The van der Waals surface area contributed by atoms with Gasteiger partial charge in [0, 0.05) is 31.3 Å². The fourth-order valence-corrected chi connectivity index (χ4v) is 2.64. The van der Waals surface area contributed by atoms with Crippen molar-refractivity contribution in [1.82, 2.24) is 20.1 Å². The number of ether oxygens (including phenoxy) is 1. The fourth-order valence-electron chi connectivity index (χ4n) is 2.64. The standard InChI is InChI=1S/C15H18F2N4O2/c1-9-18-15(20-19-9)14-8-21(4-5-23-14)7-13(22)11-3-2-10(16)6-12(11)17/h2-3,6,13-14,22H,4-5,7-8H2,1H3,(H,18,19,20). The second-order valence-electron chi connectivity index (χ2n) is 5.58. The molecular weight excluding hydrogens is 306 g/mol. The average molecular weight is 324 g/mol. The first kappa shape index (κ1) is 16.0. The summed E-state index contributed by atoms with van der Waals surface area (Å²) in [6.45, 7) is 3.61. The first-order valence-corrected chi connectivity index (χ1v) is 7.39. The Labute approximate surface area is 132 Å². The van der Waals surface area contributed by atoms with Crippen molar-refractivity contribution in [2.45, 2.75) is 19.1 Å². The number of hydrogen-bond donors (Lipinski definition) is 2. The normalized spacial score (nSPS) is 20.6. The molecule has 0 saturated carbocycles. The number of aliphatic hydroxyl groups excluding tert-OH is 1. The highest BCUT2D eigenvalue weighted by molar-refractivity contribution is 5.21. The third-order valence-electron chi connectivity index (χ3n) is 3.81. The van der Waals surface area contributed by atoms with Crippen molar-refractivity contribution in [2.75, 3.05) is 26.2 Å². The summed E-state index contributed by atoms with van der Waals surface area (Å²) in [5.74, 6) is -0.138. The number of β-amino-alcohol motifs (C(OH)–C–C–N with tert-alkyl or cyclic N) is 1. The molecule has 0 bridgehead atoms. The highest BCUT2D eigenvalue weighted by atomic mass is 19.1. The van der Waals surface area contributed by atoms with E-state index in [1.54, 1.807) is 6.92 Å². The van der Waals surface area contributed by atoms with Crippen molar-refractivity contribution in [1.29, 1.82) is 0 Å². The largest absolute Gasteiger partial charge is 0.387 e. The number of rotatable bonds is 4. The molecule has 1 aromatic carbocycles. The molecule has 8 heteroatoms. The summed E-state index contributed by atoms with van der Waals surface area (Å²) in [6.07, 6.45) is -1.33. The minimum absolute atomic E-state index is 0.0863. The number of halogens is 2. The summed E-state index contributed by atoms with van der Waals surface area (Å²) >= 11 is 0. The summed E-state index contributed by atoms with van der Waals surface area (Å²) in [7, 11) is 0. The van der Waals surface area contributed by atoms with E-state index >= 15 is 0 Å². The van der Waals surface area contributed by atoms with Crippen LogP contribution in [0.25, 0.3) is 0 Å². The molecule has 1 saturated heterocycles. The van der Waals surface area contributed by atoms with E-state index in [0.29, 0.717) is 31.3 Å². The predicted molar refractivity (Wildman–Crippen MR) is 77.6 cm³/mol. The van der Waals surface area contributed by atoms with Crippen LogP contribution < -0.4 is 0 Å². The topological polar surface area (TPSA) is 74.3 Å². The van der Waals surface area contributed by atoms with Gasteiger partial charge in [0.25, 0.3) is 0 Å².